The second-order valence-corrected chi connectivity index (χ2v) is 4.07. The molecule has 2 aromatic heterocycles. The van der Waals surface area contributed by atoms with E-state index in [2.05, 4.69) is 15.4 Å². The summed E-state index contributed by atoms with van der Waals surface area (Å²) in [7, 11) is 0. The fourth-order valence-electron chi connectivity index (χ4n) is 2.08. The average Bonchev–Trinajstić information content (AvgIpc) is 2.84. The predicted molar refractivity (Wildman–Crippen MR) is 65.5 cm³/mol. The number of nitrogen functional groups attached to an aromatic ring is 1. The van der Waals surface area contributed by atoms with Gasteiger partial charge in [-0.1, -0.05) is 11.2 Å². The second kappa shape index (κ2) is 3.35. The molecule has 3 rings (SSSR count). The molecule has 0 saturated carbocycles. The van der Waals surface area contributed by atoms with Gasteiger partial charge in [0.1, 0.15) is 5.76 Å². The van der Waals surface area contributed by atoms with E-state index in [-0.39, 0.29) is 0 Å². The maximum atomic E-state index is 5.79. The smallest absolute Gasteiger partial charge is 0.153 e. The van der Waals surface area contributed by atoms with E-state index in [1.807, 2.05) is 32.0 Å². The summed E-state index contributed by atoms with van der Waals surface area (Å²) in [6, 6.07) is 5.97. The monoisotopic (exact) mass is 228 g/mol. The fraction of sp³-hybridized carbons (Fsp3) is 0.167. The lowest BCUT2D eigenvalue weighted by atomic mass is 10.0. The van der Waals surface area contributed by atoms with E-state index in [9.17, 15) is 0 Å². The third-order valence-corrected chi connectivity index (χ3v) is 2.91. The van der Waals surface area contributed by atoms with Gasteiger partial charge in [0.2, 0.25) is 0 Å². The number of aromatic amines is 1. The van der Waals surface area contributed by atoms with Crippen LogP contribution in [0.3, 0.4) is 0 Å². The lowest BCUT2D eigenvalue weighted by molar-refractivity contribution is 0.393. The molecule has 0 unspecified atom stereocenters. The van der Waals surface area contributed by atoms with Crippen molar-refractivity contribution in [1.82, 2.24) is 15.4 Å². The van der Waals surface area contributed by atoms with Gasteiger partial charge in [-0.25, -0.2) is 0 Å². The van der Waals surface area contributed by atoms with Crippen LogP contribution in [0.4, 0.5) is 5.82 Å². The summed E-state index contributed by atoms with van der Waals surface area (Å²) < 4.78 is 5.17. The Balaban J connectivity index is 2.27. The van der Waals surface area contributed by atoms with Crippen LogP contribution >= 0.6 is 0 Å². The highest BCUT2D eigenvalue weighted by atomic mass is 16.5. The molecule has 0 radical (unpaired) electrons. The van der Waals surface area contributed by atoms with Gasteiger partial charge in [-0.15, -0.1) is 0 Å². The van der Waals surface area contributed by atoms with Gasteiger partial charge in [-0.3, -0.25) is 5.10 Å². The number of fused-ring (bicyclic) bond motifs is 1. The van der Waals surface area contributed by atoms with Crippen LogP contribution in [0.2, 0.25) is 0 Å². The van der Waals surface area contributed by atoms with Crippen LogP contribution in [0.1, 0.15) is 11.5 Å². The molecule has 0 fully saturated rings. The van der Waals surface area contributed by atoms with Crippen LogP contribution in [-0.4, -0.2) is 15.4 Å². The van der Waals surface area contributed by atoms with E-state index >= 15 is 0 Å². The number of nitrogens with one attached hydrogen (secondary N) is 1. The van der Waals surface area contributed by atoms with Crippen LogP contribution in [0, 0.1) is 13.8 Å². The molecule has 0 aliphatic heterocycles. The number of H-pyrrole nitrogens is 1. The van der Waals surface area contributed by atoms with Crippen molar-refractivity contribution in [2.75, 3.05) is 5.73 Å². The van der Waals surface area contributed by atoms with Crippen molar-refractivity contribution < 1.29 is 4.52 Å². The molecule has 0 bridgehead atoms. The van der Waals surface area contributed by atoms with Crippen molar-refractivity contribution in [3.05, 3.63) is 29.7 Å². The summed E-state index contributed by atoms with van der Waals surface area (Å²) in [5.41, 5.74) is 9.66. The van der Waals surface area contributed by atoms with Crippen LogP contribution in [0.15, 0.2) is 22.7 Å². The minimum atomic E-state index is 0.508. The Labute approximate surface area is 97.6 Å². The van der Waals surface area contributed by atoms with Gasteiger partial charge in [0.25, 0.3) is 0 Å². The first kappa shape index (κ1) is 9.89. The highest BCUT2D eigenvalue weighted by Crippen LogP contribution is 2.30. The number of rotatable bonds is 1. The molecule has 17 heavy (non-hydrogen) atoms. The minimum Gasteiger partial charge on any atom is -0.382 e. The number of benzene rings is 1. The molecule has 0 aliphatic rings. The minimum absolute atomic E-state index is 0.508. The molecule has 5 heteroatoms. The van der Waals surface area contributed by atoms with Crippen molar-refractivity contribution in [1.29, 1.82) is 0 Å². The molecule has 86 valence electrons. The first-order chi connectivity index (χ1) is 8.16. The van der Waals surface area contributed by atoms with Crippen LogP contribution in [-0.2, 0) is 0 Å². The second-order valence-electron chi connectivity index (χ2n) is 4.07. The maximum absolute atomic E-state index is 5.79. The van der Waals surface area contributed by atoms with Gasteiger partial charge < -0.3 is 10.3 Å². The zero-order chi connectivity index (χ0) is 12.0. The number of nitrogens with two attached hydrogens (primary N) is 1. The van der Waals surface area contributed by atoms with Crippen molar-refractivity contribution >= 4 is 16.7 Å². The normalized spacial score (nSPS) is 11.2. The van der Waals surface area contributed by atoms with Gasteiger partial charge in [0.15, 0.2) is 5.82 Å². The molecule has 0 amide bonds. The summed E-state index contributed by atoms with van der Waals surface area (Å²) in [5, 5.41) is 11.7. The Kier molecular flexibility index (Phi) is 1.95. The fourth-order valence-corrected chi connectivity index (χ4v) is 2.08. The number of aromatic nitrogens is 3. The summed E-state index contributed by atoms with van der Waals surface area (Å²) in [6.07, 6.45) is 0. The molecule has 3 N–H and O–H groups in total. The zero-order valence-corrected chi connectivity index (χ0v) is 9.61. The van der Waals surface area contributed by atoms with Crippen LogP contribution < -0.4 is 5.73 Å². The Bertz CT molecular complexity index is 676. The molecule has 0 atom stereocenters. The Hall–Kier alpha value is -2.30. The molecule has 2 heterocycles. The number of hydrogen-bond donors (Lipinski definition) is 2. The first-order valence-corrected chi connectivity index (χ1v) is 5.33. The highest BCUT2D eigenvalue weighted by molar-refractivity contribution is 5.92. The van der Waals surface area contributed by atoms with Gasteiger partial charge >= 0.3 is 0 Å². The lowest BCUT2D eigenvalue weighted by Gasteiger charge is -2.00. The third-order valence-electron chi connectivity index (χ3n) is 2.91. The number of aryl methyl sites for hydroxylation is 2. The highest BCUT2D eigenvalue weighted by Gasteiger charge is 2.12. The number of anilines is 1. The number of nitrogens with zero attached hydrogens (tertiary/aromatic N) is 2. The Morgan fingerprint density at radius 1 is 1.29 bits per heavy atom. The Morgan fingerprint density at radius 2 is 2.12 bits per heavy atom. The van der Waals surface area contributed by atoms with Crippen molar-refractivity contribution in [3.8, 4) is 11.1 Å². The summed E-state index contributed by atoms with van der Waals surface area (Å²) in [4.78, 5) is 0. The quantitative estimate of drug-likeness (QED) is 0.670. The van der Waals surface area contributed by atoms with E-state index in [1.165, 1.54) is 0 Å². The molecule has 3 aromatic rings. The molecular formula is C12H12N4O. The SMILES string of the molecule is Cc1noc(C)c1-c1ccc2[nH]nc(N)c2c1. The van der Waals surface area contributed by atoms with Crippen molar-refractivity contribution in [2.45, 2.75) is 13.8 Å². The van der Waals surface area contributed by atoms with E-state index in [0.717, 1.165) is 33.5 Å². The maximum Gasteiger partial charge on any atom is 0.153 e. The number of hydrogen-bond acceptors (Lipinski definition) is 4. The summed E-state index contributed by atoms with van der Waals surface area (Å²) in [5.74, 6) is 1.32. The molecule has 5 nitrogen and oxygen atoms in total. The average molecular weight is 228 g/mol. The van der Waals surface area contributed by atoms with Crippen molar-refractivity contribution in [3.63, 3.8) is 0 Å². The molecule has 0 aliphatic carbocycles. The van der Waals surface area contributed by atoms with Crippen molar-refractivity contribution in [2.24, 2.45) is 0 Å². The van der Waals surface area contributed by atoms with Crippen LogP contribution in [0.5, 0.6) is 0 Å². The first-order valence-electron chi connectivity index (χ1n) is 5.33. The topological polar surface area (TPSA) is 80.7 Å². The van der Waals surface area contributed by atoms with Gasteiger partial charge in [0.05, 0.1) is 11.2 Å². The third kappa shape index (κ3) is 1.39. The van der Waals surface area contributed by atoms with Crippen LogP contribution in [0.25, 0.3) is 22.0 Å². The van der Waals surface area contributed by atoms with E-state index < -0.39 is 0 Å². The predicted octanol–water partition coefficient (Wildman–Crippen LogP) is 2.42. The van der Waals surface area contributed by atoms with Gasteiger partial charge in [0, 0.05) is 10.9 Å². The van der Waals surface area contributed by atoms with Gasteiger partial charge in [-0.05, 0) is 31.5 Å². The molecule has 0 saturated heterocycles. The Morgan fingerprint density at radius 3 is 2.82 bits per heavy atom. The zero-order valence-electron chi connectivity index (χ0n) is 9.61. The van der Waals surface area contributed by atoms with E-state index in [0.29, 0.717) is 5.82 Å². The van der Waals surface area contributed by atoms with Gasteiger partial charge in [-0.2, -0.15) is 5.10 Å². The standard InChI is InChI=1S/C12H12N4O/c1-6-11(7(2)17-16-6)8-3-4-10-9(5-8)12(13)15-14-10/h3-5H,1-2H3,(H3,13,14,15). The molecule has 0 spiro atoms. The molecule has 1 aromatic carbocycles. The lowest BCUT2D eigenvalue weighted by Crippen LogP contribution is -1.85. The summed E-state index contributed by atoms with van der Waals surface area (Å²) >= 11 is 0. The van der Waals surface area contributed by atoms with E-state index in [1.54, 1.807) is 0 Å². The molecular weight excluding hydrogens is 216 g/mol. The largest absolute Gasteiger partial charge is 0.382 e. The van der Waals surface area contributed by atoms with E-state index in [4.69, 9.17) is 10.3 Å². The summed E-state index contributed by atoms with van der Waals surface area (Å²) in [6.45, 7) is 3.83.